The monoisotopic (exact) mass is 170 g/mol. The summed E-state index contributed by atoms with van der Waals surface area (Å²) in [6.45, 7) is 0.809. The summed E-state index contributed by atoms with van der Waals surface area (Å²) in [5.74, 6) is 0. The van der Waals surface area contributed by atoms with Crippen LogP contribution in [-0.2, 0) is 6.54 Å². The van der Waals surface area contributed by atoms with Crippen molar-refractivity contribution >= 4 is 11.3 Å². The van der Waals surface area contributed by atoms with Crippen molar-refractivity contribution < 1.29 is 0 Å². The van der Waals surface area contributed by atoms with Crippen LogP contribution in [0.4, 0.5) is 0 Å². The van der Waals surface area contributed by atoms with Gasteiger partial charge in [0.15, 0.2) is 0 Å². The average molecular weight is 170 g/mol. The van der Waals surface area contributed by atoms with Gasteiger partial charge in [-0.3, -0.25) is 4.79 Å². The molecule has 0 unspecified atom stereocenters. The number of hydrogen-bond donors (Lipinski definition) is 2. The third kappa shape index (κ3) is 1.91. The molecule has 1 saturated carbocycles. The van der Waals surface area contributed by atoms with Gasteiger partial charge < -0.3 is 10.3 Å². The SMILES string of the molecule is O=c1[nH]c(CNC2CC2)cs1. The number of rotatable bonds is 3. The van der Waals surface area contributed by atoms with Crippen LogP contribution in [0, 0.1) is 0 Å². The van der Waals surface area contributed by atoms with Crippen LogP contribution in [0.2, 0.25) is 0 Å². The van der Waals surface area contributed by atoms with Crippen molar-refractivity contribution in [3.63, 3.8) is 0 Å². The molecular formula is C7H10N2OS. The molecule has 0 saturated heterocycles. The van der Waals surface area contributed by atoms with Gasteiger partial charge in [-0.1, -0.05) is 11.3 Å². The standard InChI is InChI=1S/C7H10N2OS/c10-7-9-6(4-11-7)3-8-5-1-2-5/h4-5,8H,1-3H2,(H,9,10). The second-order valence-corrected chi connectivity index (χ2v) is 3.67. The molecule has 1 fully saturated rings. The van der Waals surface area contributed by atoms with Crippen molar-refractivity contribution in [3.8, 4) is 0 Å². The highest BCUT2D eigenvalue weighted by Crippen LogP contribution is 2.18. The Kier molecular flexibility index (Phi) is 1.79. The van der Waals surface area contributed by atoms with Crippen LogP contribution in [0.1, 0.15) is 18.5 Å². The van der Waals surface area contributed by atoms with Gasteiger partial charge >= 0.3 is 4.87 Å². The van der Waals surface area contributed by atoms with E-state index in [4.69, 9.17) is 0 Å². The molecule has 0 aromatic carbocycles. The van der Waals surface area contributed by atoms with Gasteiger partial charge in [-0.05, 0) is 12.8 Å². The van der Waals surface area contributed by atoms with Crippen molar-refractivity contribution in [2.75, 3.05) is 0 Å². The van der Waals surface area contributed by atoms with Gasteiger partial charge in [-0.2, -0.15) is 0 Å². The lowest BCUT2D eigenvalue weighted by molar-refractivity contribution is 0.676. The Bertz CT molecular complexity index is 287. The van der Waals surface area contributed by atoms with E-state index in [2.05, 4.69) is 10.3 Å². The van der Waals surface area contributed by atoms with Crippen LogP contribution in [0.5, 0.6) is 0 Å². The first-order valence-corrected chi connectivity index (χ1v) is 4.62. The van der Waals surface area contributed by atoms with Crippen molar-refractivity contribution in [1.29, 1.82) is 0 Å². The average Bonchev–Trinajstić information content (AvgIpc) is 2.72. The lowest BCUT2D eigenvalue weighted by Gasteiger charge is -1.96. The van der Waals surface area contributed by atoms with E-state index in [-0.39, 0.29) is 4.87 Å². The number of aromatic amines is 1. The van der Waals surface area contributed by atoms with Crippen molar-refractivity contribution in [1.82, 2.24) is 10.3 Å². The summed E-state index contributed by atoms with van der Waals surface area (Å²) in [6, 6.07) is 0.707. The zero-order chi connectivity index (χ0) is 7.68. The van der Waals surface area contributed by atoms with Crippen molar-refractivity contribution in [3.05, 3.63) is 20.7 Å². The first kappa shape index (κ1) is 7.06. The first-order chi connectivity index (χ1) is 5.34. The summed E-state index contributed by atoms with van der Waals surface area (Å²) in [5.41, 5.74) is 1.01. The molecule has 1 heterocycles. The fourth-order valence-corrected chi connectivity index (χ4v) is 1.52. The van der Waals surface area contributed by atoms with E-state index in [1.807, 2.05) is 5.38 Å². The van der Waals surface area contributed by atoms with Gasteiger partial charge in [-0.25, -0.2) is 0 Å². The summed E-state index contributed by atoms with van der Waals surface area (Å²) in [5, 5.41) is 5.20. The molecule has 0 bridgehead atoms. The van der Waals surface area contributed by atoms with E-state index >= 15 is 0 Å². The Labute approximate surface area is 68.5 Å². The normalized spacial score (nSPS) is 17.1. The van der Waals surface area contributed by atoms with Crippen LogP contribution in [0.25, 0.3) is 0 Å². The summed E-state index contributed by atoms with van der Waals surface area (Å²) < 4.78 is 0. The minimum absolute atomic E-state index is 0.0394. The summed E-state index contributed by atoms with van der Waals surface area (Å²) in [7, 11) is 0. The van der Waals surface area contributed by atoms with E-state index in [9.17, 15) is 4.79 Å². The lowest BCUT2D eigenvalue weighted by Crippen LogP contribution is -2.16. The van der Waals surface area contributed by atoms with Gasteiger partial charge in [0.05, 0.1) is 0 Å². The van der Waals surface area contributed by atoms with E-state index in [0.717, 1.165) is 12.2 Å². The van der Waals surface area contributed by atoms with Crippen LogP contribution >= 0.6 is 11.3 Å². The van der Waals surface area contributed by atoms with Crippen LogP contribution in [0.3, 0.4) is 0 Å². The second-order valence-electron chi connectivity index (χ2n) is 2.83. The van der Waals surface area contributed by atoms with Crippen molar-refractivity contribution in [2.24, 2.45) is 0 Å². The van der Waals surface area contributed by atoms with E-state index in [1.165, 1.54) is 24.2 Å². The maximum atomic E-state index is 10.7. The molecule has 3 nitrogen and oxygen atoms in total. The molecule has 4 heteroatoms. The fraction of sp³-hybridized carbons (Fsp3) is 0.571. The largest absolute Gasteiger partial charge is 0.315 e. The maximum absolute atomic E-state index is 10.7. The summed E-state index contributed by atoms with van der Waals surface area (Å²) in [4.78, 5) is 13.5. The summed E-state index contributed by atoms with van der Waals surface area (Å²) >= 11 is 1.23. The van der Waals surface area contributed by atoms with Gasteiger partial charge in [0.2, 0.25) is 0 Å². The Hall–Kier alpha value is -0.610. The smallest absolute Gasteiger partial charge is 0.304 e. The van der Waals surface area contributed by atoms with E-state index in [0.29, 0.717) is 6.04 Å². The van der Waals surface area contributed by atoms with Crippen LogP contribution < -0.4 is 10.2 Å². The van der Waals surface area contributed by atoms with Crippen molar-refractivity contribution in [2.45, 2.75) is 25.4 Å². The molecule has 0 aliphatic heterocycles. The predicted octanol–water partition coefficient (Wildman–Crippen LogP) is 0.688. The third-order valence-corrected chi connectivity index (χ3v) is 2.45. The third-order valence-electron chi connectivity index (χ3n) is 1.73. The molecule has 2 N–H and O–H groups in total. The zero-order valence-corrected chi connectivity index (χ0v) is 6.91. The molecule has 1 aromatic heterocycles. The van der Waals surface area contributed by atoms with Gasteiger partial charge in [-0.15, -0.1) is 0 Å². The van der Waals surface area contributed by atoms with Gasteiger partial charge in [0.1, 0.15) is 0 Å². The predicted molar refractivity (Wildman–Crippen MR) is 44.8 cm³/mol. The molecule has 2 rings (SSSR count). The molecule has 1 aliphatic rings. The zero-order valence-electron chi connectivity index (χ0n) is 6.09. The number of thiazole rings is 1. The highest BCUT2D eigenvalue weighted by Gasteiger charge is 2.19. The Balaban J connectivity index is 1.89. The molecule has 1 aromatic rings. The number of hydrogen-bond acceptors (Lipinski definition) is 3. The number of aromatic nitrogens is 1. The topological polar surface area (TPSA) is 44.9 Å². The minimum Gasteiger partial charge on any atom is -0.315 e. The highest BCUT2D eigenvalue weighted by atomic mass is 32.1. The maximum Gasteiger partial charge on any atom is 0.304 e. The lowest BCUT2D eigenvalue weighted by atomic mass is 10.5. The van der Waals surface area contributed by atoms with Crippen LogP contribution in [-0.4, -0.2) is 11.0 Å². The highest BCUT2D eigenvalue weighted by molar-refractivity contribution is 7.07. The van der Waals surface area contributed by atoms with Crippen LogP contribution in [0.15, 0.2) is 10.2 Å². The van der Waals surface area contributed by atoms with Gasteiger partial charge in [0.25, 0.3) is 0 Å². The number of nitrogens with one attached hydrogen (secondary N) is 2. The summed E-state index contributed by atoms with van der Waals surface area (Å²) in [6.07, 6.45) is 2.57. The molecular weight excluding hydrogens is 160 g/mol. The Morgan fingerprint density at radius 1 is 1.73 bits per heavy atom. The van der Waals surface area contributed by atoms with E-state index in [1.54, 1.807) is 0 Å². The Morgan fingerprint density at radius 2 is 2.55 bits per heavy atom. The molecule has 0 spiro atoms. The van der Waals surface area contributed by atoms with Gasteiger partial charge in [0, 0.05) is 23.7 Å². The fourth-order valence-electron chi connectivity index (χ4n) is 0.942. The molecule has 60 valence electrons. The quantitative estimate of drug-likeness (QED) is 0.701. The molecule has 0 atom stereocenters. The van der Waals surface area contributed by atoms with E-state index < -0.39 is 0 Å². The minimum atomic E-state index is 0.0394. The molecule has 1 aliphatic carbocycles. The second kappa shape index (κ2) is 2.79. The molecule has 0 amide bonds. The number of H-pyrrole nitrogens is 1. The Morgan fingerprint density at radius 3 is 3.09 bits per heavy atom. The molecule has 11 heavy (non-hydrogen) atoms. The molecule has 0 radical (unpaired) electrons. The first-order valence-electron chi connectivity index (χ1n) is 3.74.